The van der Waals surface area contributed by atoms with Crippen LogP contribution in [0.3, 0.4) is 0 Å². The maximum atomic E-state index is 12.9. The summed E-state index contributed by atoms with van der Waals surface area (Å²) in [6.45, 7) is 6.61. The number of carbonyl (C=O) groups excluding carboxylic acids is 3. The second kappa shape index (κ2) is 67.6. The molecule has 1 atom stereocenters. The van der Waals surface area contributed by atoms with Crippen LogP contribution in [0, 0.1) is 0 Å². The number of unbranched alkanes of at least 4 members (excludes halogenated alkanes) is 43. The van der Waals surface area contributed by atoms with Crippen molar-refractivity contribution >= 4 is 17.9 Å². The lowest BCUT2D eigenvalue weighted by Gasteiger charge is -2.18. The Bertz CT molecular complexity index is 1410. The zero-order valence-electron chi connectivity index (χ0n) is 52.9. The summed E-state index contributed by atoms with van der Waals surface area (Å²) in [4.78, 5) is 38.3. The van der Waals surface area contributed by atoms with Crippen molar-refractivity contribution in [2.24, 2.45) is 0 Å². The molecule has 0 aliphatic rings. The van der Waals surface area contributed by atoms with E-state index in [1.54, 1.807) is 0 Å². The van der Waals surface area contributed by atoms with E-state index < -0.39 is 6.10 Å². The van der Waals surface area contributed by atoms with Crippen molar-refractivity contribution in [2.45, 2.75) is 374 Å². The SMILES string of the molecule is CCCC/C=C\CCCCCCCC(=O)OCC(COC(=O)CCCCCCCCCCCCCCCCCCCCC/C=C\C/C=C\CCCCCCC)OC(=O)CCCCCCCCCCC/C=C\C/C=C\CCCCC. The molecule has 6 heteroatoms. The van der Waals surface area contributed by atoms with Crippen molar-refractivity contribution in [3.05, 3.63) is 60.8 Å². The molecule has 0 aliphatic carbocycles. The Morgan fingerprint density at radius 2 is 0.468 bits per heavy atom. The summed E-state index contributed by atoms with van der Waals surface area (Å²) in [7, 11) is 0. The smallest absolute Gasteiger partial charge is 0.306 e. The topological polar surface area (TPSA) is 78.9 Å². The van der Waals surface area contributed by atoms with Crippen LogP contribution in [0.1, 0.15) is 367 Å². The highest BCUT2D eigenvalue weighted by atomic mass is 16.6. The fourth-order valence-corrected chi connectivity index (χ4v) is 10.2. The van der Waals surface area contributed by atoms with Crippen LogP contribution in [0.25, 0.3) is 0 Å². The van der Waals surface area contributed by atoms with Gasteiger partial charge in [-0.05, 0) is 103 Å². The van der Waals surface area contributed by atoms with Crippen LogP contribution in [0.5, 0.6) is 0 Å². The van der Waals surface area contributed by atoms with Gasteiger partial charge >= 0.3 is 17.9 Å². The van der Waals surface area contributed by atoms with E-state index in [1.165, 1.54) is 250 Å². The molecule has 1 unspecified atom stereocenters. The minimum atomic E-state index is -0.779. The molecular weight excluding hydrogens is 973 g/mol. The van der Waals surface area contributed by atoms with Crippen molar-refractivity contribution in [3.8, 4) is 0 Å². The van der Waals surface area contributed by atoms with Gasteiger partial charge in [-0.15, -0.1) is 0 Å². The van der Waals surface area contributed by atoms with Crippen LogP contribution >= 0.6 is 0 Å². The molecule has 0 spiro atoms. The fraction of sp³-hybridized carbons (Fsp3) is 0.822. The number of hydrogen-bond donors (Lipinski definition) is 0. The molecule has 0 aliphatic heterocycles. The minimum Gasteiger partial charge on any atom is -0.462 e. The van der Waals surface area contributed by atoms with Crippen LogP contribution in [0.15, 0.2) is 60.8 Å². The van der Waals surface area contributed by atoms with Crippen molar-refractivity contribution in [1.29, 1.82) is 0 Å². The van der Waals surface area contributed by atoms with Gasteiger partial charge in [-0.2, -0.15) is 0 Å². The molecule has 0 saturated heterocycles. The monoisotopic (exact) mass is 1110 g/mol. The van der Waals surface area contributed by atoms with Gasteiger partial charge in [0.05, 0.1) is 0 Å². The van der Waals surface area contributed by atoms with Crippen molar-refractivity contribution in [2.75, 3.05) is 13.2 Å². The van der Waals surface area contributed by atoms with Gasteiger partial charge in [0, 0.05) is 19.3 Å². The summed E-state index contributed by atoms with van der Waals surface area (Å²) < 4.78 is 16.9. The Kier molecular flexibility index (Phi) is 65.1. The van der Waals surface area contributed by atoms with Crippen LogP contribution < -0.4 is 0 Å². The first kappa shape index (κ1) is 76.1. The van der Waals surface area contributed by atoms with E-state index in [0.717, 1.165) is 77.0 Å². The van der Waals surface area contributed by atoms with Gasteiger partial charge in [0.1, 0.15) is 13.2 Å². The Morgan fingerprint density at radius 1 is 0.253 bits per heavy atom. The molecule has 0 saturated carbocycles. The molecule has 6 nitrogen and oxygen atoms in total. The molecule has 0 heterocycles. The molecular formula is C73H132O6. The normalized spacial score (nSPS) is 12.4. The van der Waals surface area contributed by atoms with E-state index in [-0.39, 0.29) is 31.1 Å². The zero-order chi connectivity index (χ0) is 57.1. The largest absolute Gasteiger partial charge is 0.462 e. The first-order valence-corrected chi connectivity index (χ1v) is 34.8. The molecule has 0 amide bonds. The fourth-order valence-electron chi connectivity index (χ4n) is 10.2. The number of carbonyl (C=O) groups is 3. The first-order valence-electron chi connectivity index (χ1n) is 34.8. The summed E-state index contributed by atoms with van der Waals surface area (Å²) in [5, 5.41) is 0. The third kappa shape index (κ3) is 65.8. The lowest BCUT2D eigenvalue weighted by atomic mass is 10.0. The highest BCUT2D eigenvalue weighted by Gasteiger charge is 2.19. The van der Waals surface area contributed by atoms with E-state index in [4.69, 9.17) is 14.2 Å². The van der Waals surface area contributed by atoms with Gasteiger partial charge < -0.3 is 14.2 Å². The molecule has 0 fully saturated rings. The van der Waals surface area contributed by atoms with Crippen LogP contribution in [-0.4, -0.2) is 37.2 Å². The predicted molar refractivity (Wildman–Crippen MR) is 344 cm³/mol. The predicted octanol–water partition coefficient (Wildman–Crippen LogP) is 23.9. The molecule has 79 heavy (non-hydrogen) atoms. The average molecular weight is 1110 g/mol. The average Bonchev–Trinajstić information content (AvgIpc) is 3.45. The maximum absolute atomic E-state index is 12.9. The summed E-state index contributed by atoms with van der Waals surface area (Å²) in [5.41, 5.74) is 0. The Morgan fingerprint density at radius 3 is 0.772 bits per heavy atom. The molecule has 0 rings (SSSR count). The minimum absolute atomic E-state index is 0.0750. The Hall–Kier alpha value is -2.89. The van der Waals surface area contributed by atoms with Crippen molar-refractivity contribution < 1.29 is 28.6 Å². The number of esters is 3. The highest BCUT2D eigenvalue weighted by Crippen LogP contribution is 2.18. The maximum Gasteiger partial charge on any atom is 0.306 e. The second-order valence-electron chi connectivity index (χ2n) is 23.4. The summed E-state index contributed by atoms with van der Waals surface area (Å²) in [5.74, 6) is -0.870. The zero-order valence-corrected chi connectivity index (χ0v) is 52.9. The van der Waals surface area contributed by atoms with Crippen LogP contribution in [-0.2, 0) is 28.6 Å². The Balaban J connectivity index is 4.14. The van der Waals surface area contributed by atoms with Gasteiger partial charge in [0.15, 0.2) is 6.10 Å². The number of allylic oxidation sites excluding steroid dienone is 10. The molecule has 0 bridgehead atoms. The van der Waals surface area contributed by atoms with Gasteiger partial charge in [-0.1, -0.05) is 306 Å². The Labute approximate surface area is 491 Å². The lowest BCUT2D eigenvalue weighted by molar-refractivity contribution is -0.167. The summed E-state index contributed by atoms with van der Waals surface area (Å²) in [6, 6.07) is 0. The molecule has 0 aromatic carbocycles. The van der Waals surface area contributed by atoms with E-state index in [9.17, 15) is 14.4 Å². The molecule has 0 aromatic rings. The highest BCUT2D eigenvalue weighted by molar-refractivity contribution is 5.71. The molecule has 0 aromatic heterocycles. The van der Waals surface area contributed by atoms with E-state index in [0.29, 0.717) is 19.3 Å². The summed E-state index contributed by atoms with van der Waals surface area (Å²) >= 11 is 0. The molecule has 0 N–H and O–H groups in total. The number of hydrogen-bond acceptors (Lipinski definition) is 6. The van der Waals surface area contributed by atoms with Gasteiger partial charge in [-0.3, -0.25) is 14.4 Å². The number of rotatable bonds is 64. The standard InChI is InChI=1S/C73H132O6/c1-4-7-10-13-16-19-22-24-26-28-30-31-32-33-34-35-36-37-38-39-40-41-43-44-46-48-51-54-57-60-63-66-72(75)78-69-70(68-77-71(74)65-62-59-56-53-50-21-18-15-12-9-6-3)79-73(76)67-64-61-58-55-52-49-47-45-42-29-27-25-23-20-17-14-11-8-5-2/h15,17-18,20,22,24-25,27-28,30,70H,4-14,16,19,21,23,26,29,31-69H2,1-3H3/b18-15-,20-17-,24-22-,27-25-,30-28-. The van der Waals surface area contributed by atoms with Crippen LogP contribution in [0.2, 0.25) is 0 Å². The molecule has 460 valence electrons. The third-order valence-electron chi connectivity index (χ3n) is 15.5. The van der Waals surface area contributed by atoms with Crippen molar-refractivity contribution in [3.63, 3.8) is 0 Å². The third-order valence-corrected chi connectivity index (χ3v) is 15.5. The lowest BCUT2D eigenvalue weighted by Crippen LogP contribution is -2.30. The van der Waals surface area contributed by atoms with Crippen molar-refractivity contribution in [1.82, 2.24) is 0 Å². The molecule has 0 radical (unpaired) electrons. The van der Waals surface area contributed by atoms with Gasteiger partial charge in [0.2, 0.25) is 0 Å². The van der Waals surface area contributed by atoms with Gasteiger partial charge in [-0.25, -0.2) is 0 Å². The first-order chi connectivity index (χ1) is 39.0. The second-order valence-corrected chi connectivity index (χ2v) is 23.4. The number of ether oxygens (including phenoxy) is 3. The van der Waals surface area contributed by atoms with E-state index in [1.807, 2.05) is 0 Å². The summed E-state index contributed by atoms with van der Waals surface area (Å²) in [6.07, 6.45) is 86.9. The quantitative estimate of drug-likeness (QED) is 0.0261. The van der Waals surface area contributed by atoms with Crippen LogP contribution in [0.4, 0.5) is 0 Å². The van der Waals surface area contributed by atoms with E-state index in [2.05, 4.69) is 81.5 Å². The van der Waals surface area contributed by atoms with E-state index >= 15 is 0 Å². The van der Waals surface area contributed by atoms with Gasteiger partial charge in [0.25, 0.3) is 0 Å².